The van der Waals surface area contributed by atoms with Gasteiger partial charge in [0.25, 0.3) is 0 Å². The Hall–Kier alpha value is -1.10. The molecule has 3 rings (SSSR count). The molecule has 1 atom stereocenters. The number of hydrogen-bond donors (Lipinski definition) is 0. The van der Waals surface area contributed by atoms with Crippen LogP contribution < -0.4 is 0 Å². The lowest BCUT2D eigenvalue weighted by molar-refractivity contribution is -0.0425. The predicted molar refractivity (Wildman–Crippen MR) is 67.0 cm³/mol. The maximum Gasteiger partial charge on any atom is 0.133 e. The van der Waals surface area contributed by atoms with Crippen LogP contribution in [0.1, 0.15) is 16.7 Å². The van der Waals surface area contributed by atoms with Crippen molar-refractivity contribution in [2.45, 2.75) is 12.6 Å². The molecule has 0 amide bonds. The second-order valence-electron chi connectivity index (χ2n) is 4.19. The van der Waals surface area contributed by atoms with Gasteiger partial charge < -0.3 is 9.15 Å². The molecule has 0 N–H and O–H groups in total. The summed E-state index contributed by atoms with van der Waals surface area (Å²) in [5, 5.41) is 2.12. The summed E-state index contributed by atoms with van der Waals surface area (Å²) in [5.41, 5.74) is 0. The van der Waals surface area contributed by atoms with Crippen molar-refractivity contribution in [2.24, 2.45) is 0 Å². The van der Waals surface area contributed by atoms with Gasteiger partial charge in [0.05, 0.1) is 12.9 Å². The Labute approximate surface area is 105 Å². The van der Waals surface area contributed by atoms with Crippen LogP contribution in [-0.2, 0) is 11.3 Å². The highest BCUT2D eigenvalue weighted by molar-refractivity contribution is 7.09. The molecule has 1 fully saturated rings. The summed E-state index contributed by atoms with van der Waals surface area (Å²) in [7, 11) is 0. The van der Waals surface area contributed by atoms with Crippen molar-refractivity contribution in [1.29, 1.82) is 0 Å². The lowest BCUT2D eigenvalue weighted by Crippen LogP contribution is -2.37. The minimum Gasteiger partial charge on any atom is -0.467 e. The van der Waals surface area contributed by atoms with Crippen LogP contribution in [0.25, 0.3) is 0 Å². The summed E-state index contributed by atoms with van der Waals surface area (Å²) in [6.07, 6.45) is 1.79. The molecule has 17 heavy (non-hydrogen) atoms. The van der Waals surface area contributed by atoms with Gasteiger partial charge in [-0.15, -0.1) is 11.3 Å². The van der Waals surface area contributed by atoms with Gasteiger partial charge in [-0.1, -0.05) is 6.07 Å². The topological polar surface area (TPSA) is 25.6 Å². The fourth-order valence-corrected chi connectivity index (χ4v) is 2.86. The van der Waals surface area contributed by atoms with Crippen LogP contribution in [0, 0.1) is 0 Å². The number of morpholine rings is 1. The molecular formula is C13H15NO2S. The van der Waals surface area contributed by atoms with Gasteiger partial charge in [0.2, 0.25) is 0 Å². The van der Waals surface area contributed by atoms with Crippen molar-refractivity contribution in [1.82, 2.24) is 4.90 Å². The van der Waals surface area contributed by atoms with Crippen molar-refractivity contribution in [3.63, 3.8) is 0 Å². The second-order valence-corrected chi connectivity index (χ2v) is 5.22. The molecule has 90 valence electrons. The Bertz CT molecular complexity index is 438. The van der Waals surface area contributed by atoms with Gasteiger partial charge in [0.15, 0.2) is 0 Å². The summed E-state index contributed by atoms with van der Waals surface area (Å²) < 4.78 is 11.1. The first kappa shape index (κ1) is 11.0. The van der Waals surface area contributed by atoms with Gasteiger partial charge >= 0.3 is 0 Å². The van der Waals surface area contributed by atoms with Crippen molar-refractivity contribution in [3.05, 3.63) is 46.5 Å². The summed E-state index contributed by atoms with van der Waals surface area (Å²) in [5.74, 6) is 0.931. The average Bonchev–Trinajstić information content (AvgIpc) is 3.01. The van der Waals surface area contributed by atoms with Crippen LogP contribution in [0.15, 0.2) is 40.3 Å². The maximum absolute atomic E-state index is 5.74. The zero-order valence-electron chi connectivity index (χ0n) is 9.54. The normalized spacial score (nSPS) is 21.8. The van der Waals surface area contributed by atoms with Crippen molar-refractivity contribution in [3.8, 4) is 0 Å². The number of rotatable bonds is 3. The highest BCUT2D eigenvalue weighted by Crippen LogP contribution is 2.24. The van der Waals surface area contributed by atoms with Crippen LogP contribution >= 0.6 is 11.3 Å². The third-order valence-electron chi connectivity index (χ3n) is 2.97. The van der Waals surface area contributed by atoms with Crippen LogP contribution in [-0.4, -0.2) is 24.6 Å². The minimum absolute atomic E-state index is 0.0821. The molecule has 4 heteroatoms. The number of hydrogen-bond acceptors (Lipinski definition) is 4. The molecule has 0 bridgehead atoms. The third-order valence-corrected chi connectivity index (χ3v) is 3.83. The zero-order valence-corrected chi connectivity index (χ0v) is 10.4. The molecule has 0 saturated carbocycles. The predicted octanol–water partition coefficient (Wildman–Crippen LogP) is 2.91. The molecule has 2 aromatic rings. The Morgan fingerprint density at radius 2 is 2.35 bits per heavy atom. The molecule has 0 radical (unpaired) electrons. The monoisotopic (exact) mass is 249 g/mol. The van der Waals surface area contributed by atoms with Crippen LogP contribution in [0.3, 0.4) is 0 Å². The van der Waals surface area contributed by atoms with Gasteiger partial charge in [0, 0.05) is 24.5 Å². The van der Waals surface area contributed by atoms with Crippen molar-refractivity contribution in [2.75, 3.05) is 19.7 Å². The molecule has 1 aliphatic rings. The summed E-state index contributed by atoms with van der Waals surface area (Å²) in [6.45, 7) is 3.69. The highest BCUT2D eigenvalue weighted by atomic mass is 32.1. The quantitative estimate of drug-likeness (QED) is 0.836. The molecule has 3 heterocycles. The van der Waals surface area contributed by atoms with E-state index in [1.165, 1.54) is 4.88 Å². The van der Waals surface area contributed by atoms with E-state index in [1.807, 2.05) is 23.5 Å². The third kappa shape index (κ3) is 2.60. The van der Waals surface area contributed by atoms with E-state index in [-0.39, 0.29) is 6.10 Å². The van der Waals surface area contributed by atoms with Gasteiger partial charge in [-0.2, -0.15) is 0 Å². The molecule has 2 aromatic heterocycles. The molecule has 1 unspecified atom stereocenters. The fraction of sp³-hybridized carbons (Fsp3) is 0.385. The van der Waals surface area contributed by atoms with Gasteiger partial charge in [-0.05, 0) is 23.6 Å². The number of ether oxygens (including phenoxy) is 1. The first-order valence-corrected chi connectivity index (χ1v) is 6.69. The minimum atomic E-state index is 0.0821. The molecule has 1 aliphatic heterocycles. The Balaban J connectivity index is 1.64. The number of furan rings is 1. The molecule has 0 aliphatic carbocycles. The SMILES string of the molecule is c1coc(C2CN(Cc3cccs3)CCO2)c1. The summed E-state index contributed by atoms with van der Waals surface area (Å²) in [6, 6.07) is 8.18. The lowest BCUT2D eigenvalue weighted by atomic mass is 10.2. The van der Waals surface area contributed by atoms with E-state index in [1.54, 1.807) is 6.26 Å². The summed E-state index contributed by atoms with van der Waals surface area (Å²) >= 11 is 1.81. The average molecular weight is 249 g/mol. The van der Waals surface area contributed by atoms with E-state index in [0.717, 1.165) is 32.0 Å². The van der Waals surface area contributed by atoms with Crippen molar-refractivity contribution < 1.29 is 9.15 Å². The smallest absolute Gasteiger partial charge is 0.133 e. The maximum atomic E-state index is 5.74. The Kier molecular flexibility index (Phi) is 3.27. The number of nitrogens with zero attached hydrogens (tertiary/aromatic N) is 1. The fourth-order valence-electron chi connectivity index (χ4n) is 2.12. The molecular weight excluding hydrogens is 234 g/mol. The second kappa shape index (κ2) is 5.04. The van der Waals surface area contributed by atoms with E-state index >= 15 is 0 Å². The molecule has 0 spiro atoms. The van der Waals surface area contributed by atoms with E-state index < -0.39 is 0 Å². The van der Waals surface area contributed by atoms with Crippen molar-refractivity contribution >= 4 is 11.3 Å². The zero-order chi connectivity index (χ0) is 11.5. The molecule has 0 aromatic carbocycles. The molecule has 3 nitrogen and oxygen atoms in total. The van der Waals surface area contributed by atoms with Gasteiger partial charge in [-0.3, -0.25) is 4.90 Å². The van der Waals surface area contributed by atoms with Gasteiger partial charge in [0.1, 0.15) is 11.9 Å². The summed E-state index contributed by atoms with van der Waals surface area (Å²) in [4.78, 5) is 3.83. The van der Waals surface area contributed by atoms with E-state index in [4.69, 9.17) is 9.15 Å². The van der Waals surface area contributed by atoms with E-state index in [2.05, 4.69) is 22.4 Å². The Morgan fingerprint density at radius 1 is 1.35 bits per heavy atom. The lowest BCUT2D eigenvalue weighted by Gasteiger charge is -2.31. The van der Waals surface area contributed by atoms with Crippen LogP contribution in [0.4, 0.5) is 0 Å². The van der Waals surface area contributed by atoms with E-state index in [0.29, 0.717) is 0 Å². The highest BCUT2D eigenvalue weighted by Gasteiger charge is 2.23. The van der Waals surface area contributed by atoms with E-state index in [9.17, 15) is 0 Å². The first-order valence-electron chi connectivity index (χ1n) is 5.81. The number of thiophene rings is 1. The first-order chi connectivity index (χ1) is 8.42. The van der Waals surface area contributed by atoms with Crippen LogP contribution in [0.2, 0.25) is 0 Å². The largest absolute Gasteiger partial charge is 0.467 e. The van der Waals surface area contributed by atoms with Gasteiger partial charge in [-0.25, -0.2) is 0 Å². The van der Waals surface area contributed by atoms with Crippen LogP contribution in [0.5, 0.6) is 0 Å². The standard InChI is InChI=1S/C13H15NO2S/c1-4-12(15-6-1)13-10-14(5-7-16-13)9-11-3-2-8-17-11/h1-4,6,8,13H,5,7,9-10H2. The Morgan fingerprint density at radius 3 is 3.12 bits per heavy atom. The molecule has 1 saturated heterocycles.